The van der Waals surface area contributed by atoms with Crippen LogP contribution in [0.3, 0.4) is 0 Å². The van der Waals surface area contributed by atoms with Crippen LogP contribution in [-0.4, -0.2) is 25.8 Å². The molecule has 0 N–H and O–H groups in total. The Morgan fingerprint density at radius 1 is 1.40 bits per heavy atom. The second-order valence-electron chi connectivity index (χ2n) is 6.11. The van der Waals surface area contributed by atoms with Crippen molar-refractivity contribution in [1.29, 1.82) is 0 Å². The molecule has 0 atom stereocenters. The van der Waals surface area contributed by atoms with Crippen molar-refractivity contribution in [3.63, 3.8) is 0 Å². The first kappa shape index (κ1) is 16.3. The lowest BCUT2D eigenvalue weighted by molar-refractivity contribution is 0.375. The molecule has 20 heavy (non-hydrogen) atoms. The predicted octanol–water partition coefficient (Wildman–Crippen LogP) is 3.92. The monoisotopic (exact) mass is 379 g/mol. The number of benzene rings is 1. The molecular weight excluding hydrogens is 362 g/mol. The number of alkyl halides is 1. The molecule has 6 heteroatoms. The third-order valence-corrected chi connectivity index (χ3v) is 7.19. The summed E-state index contributed by atoms with van der Waals surface area (Å²) in [6.45, 7) is 7.21. The molecule has 1 saturated heterocycles. The molecule has 1 fully saturated rings. The SMILES string of the molecule is Cc1cc(CCl)cc(S(=O)(=O)N2CCC(C)(C)C2)c1Br. The molecule has 1 aromatic rings. The van der Waals surface area contributed by atoms with Crippen molar-refractivity contribution in [3.05, 3.63) is 27.7 Å². The number of nitrogens with zero attached hydrogens (tertiary/aromatic N) is 1. The summed E-state index contributed by atoms with van der Waals surface area (Å²) >= 11 is 9.26. The first-order valence-electron chi connectivity index (χ1n) is 6.52. The van der Waals surface area contributed by atoms with Crippen LogP contribution in [0.4, 0.5) is 0 Å². The third-order valence-electron chi connectivity index (χ3n) is 3.70. The van der Waals surface area contributed by atoms with Crippen LogP contribution in [0.2, 0.25) is 0 Å². The Kier molecular flexibility index (Phi) is 4.55. The van der Waals surface area contributed by atoms with E-state index in [9.17, 15) is 8.42 Å². The van der Waals surface area contributed by atoms with Gasteiger partial charge < -0.3 is 0 Å². The van der Waals surface area contributed by atoms with Crippen LogP contribution in [0.15, 0.2) is 21.5 Å². The van der Waals surface area contributed by atoms with Gasteiger partial charge in [-0.3, -0.25) is 0 Å². The van der Waals surface area contributed by atoms with Crippen molar-refractivity contribution in [2.75, 3.05) is 13.1 Å². The maximum absolute atomic E-state index is 12.8. The van der Waals surface area contributed by atoms with Gasteiger partial charge in [-0.2, -0.15) is 4.31 Å². The Labute approximate surface area is 134 Å². The number of sulfonamides is 1. The van der Waals surface area contributed by atoms with Crippen molar-refractivity contribution in [1.82, 2.24) is 4.31 Å². The highest BCUT2D eigenvalue weighted by Crippen LogP contribution is 2.36. The van der Waals surface area contributed by atoms with Gasteiger partial charge in [0, 0.05) is 23.4 Å². The summed E-state index contributed by atoms with van der Waals surface area (Å²) in [4.78, 5) is 0.325. The van der Waals surface area contributed by atoms with Gasteiger partial charge in [-0.15, -0.1) is 11.6 Å². The highest BCUT2D eigenvalue weighted by atomic mass is 79.9. The number of hydrogen-bond acceptors (Lipinski definition) is 2. The van der Waals surface area contributed by atoms with Crippen LogP contribution >= 0.6 is 27.5 Å². The van der Waals surface area contributed by atoms with Gasteiger partial charge in [0.2, 0.25) is 10.0 Å². The molecule has 2 rings (SSSR count). The lowest BCUT2D eigenvalue weighted by atomic mass is 9.93. The molecule has 0 aliphatic carbocycles. The quantitative estimate of drug-likeness (QED) is 0.745. The normalized spacial score (nSPS) is 19.4. The van der Waals surface area contributed by atoms with Gasteiger partial charge in [-0.1, -0.05) is 19.9 Å². The summed E-state index contributed by atoms with van der Waals surface area (Å²) in [6.07, 6.45) is 0.887. The van der Waals surface area contributed by atoms with Gasteiger partial charge in [0.05, 0.1) is 4.90 Å². The highest BCUT2D eigenvalue weighted by Gasteiger charge is 2.37. The van der Waals surface area contributed by atoms with E-state index in [0.717, 1.165) is 17.5 Å². The minimum Gasteiger partial charge on any atom is -0.207 e. The van der Waals surface area contributed by atoms with Gasteiger partial charge in [0.15, 0.2) is 0 Å². The lowest BCUT2D eigenvalue weighted by Gasteiger charge is -2.21. The Morgan fingerprint density at radius 2 is 2.05 bits per heavy atom. The Bertz CT molecular complexity index is 628. The molecule has 1 aliphatic heterocycles. The maximum atomic E-state index is 12.8. The fourth-order valence-electron chi connectivity index (χ4n) is 2.48. The molecule has 1 heterocycles. The van der Waals surface area contributed by atoms with E-state index in [2.05, 4.69) is 29.8 Å². The van der Waals surface area contributed by atoms with Crippen LogP contribution in [0.25, 0.3) is 0 Å². The van der Waals surface area contributed by atoms with E-state index in [1.807, 2.05) is 13.0 Å². The smallest absolute Gasteiger partial charge is 0.207 e. The predicted molar refractivity (Wildman–Crippen MR) is 85.6 cm³/mol. The number of rotatable bonds is 3. The summed E-state index contributed by atoms with van der Waals surface area (Å²) in [6, 6.07) is 3.58. The van der Waals surface area contributed by atoms with E-state index in [1.165, 1.54) is 0 Å². The third kappa shape index (κ3) is 3.06. The lowest BCUT2D eigenvalue weighted by Crippen LogP contribution is -2.30. The van der Waals surface area contributed by atoms with Gasteiger partial charge in [-0.05, 0) is 51.9 Å². The molecule has 0 saturated carbocycles. The average molecular weight is 381 g/mol. The van der Waals surface area contributed by atoms with Crippen molar-refractivity contribution < 1.29 is 8.42 Å². The molecule has 1 aliphatic rings. The highest BCUT2D eigenvalue weighted by molar-refractivity contribution is 9.10. The molecule has 0 bridgehead atoms. The first-order chi connectivity index (χ1) is 9.17. The van der Waals surface area contributed by atoms with Crippen LogP contribution < -0.4 is 0 Å². The van der Waals surface area contributed by atoms with Crippen LogP contribution in [-0.2, 0) is 15.9 Å². The molecular formula is C14H19BrClNO2S. The molecule has 1 aromatic carbocycles. The van der Waals surface area contributed by atoms with Crippen molar-refractivity contribution in [3.8, 4) is 0 Å². The van der Waals surface area contributed by atoms with Gasteiger partial charge in [-0.25, -0.2) is 8.42 Å². The number of halogens is 2. The van der Waals surface area contributed by atoms with Crippen LogP contribution in [0, 0.1) is 12.3 Å². The van der Waals surface area contributed by atoms with Crippen molar-refractivity contribution in [2.45, 2.75) is 38.0 Å². The molecule has 0 amide bonds. The van der Waals surface area contributed by atoms with Crippen LogP contribution in [0.1, 0.15) is 31.4 Å². The Hall–Kier alpha value is -0.100. The average Bonchev–Trinajstić information content (AvgIpc) is 2.73. The van der Waals surface area contributed by atoms with E-state index in [1.54, 1.807) is 10.4 Å². The van der Waals surface area contributed by atoms with Gasteiger partial charge in [0.25, 0.3) is 0 Å². The zero-order chi connectivity index (χ0) is 15.1. The molecule has 0 radical (unpaired) electrons. The standard InChI is InChI=1S/C14H19BrClNO2S/c1-10-6-11(8-16)7-12(13(10)15)20(18,19)17-5-4-14(2,3)9-17/h6-7H,4-5,8-9H2,1-3H3. The summed E-state index contributed by atoms with van der Waals surface area (Å²) in [5.41, 5.74) is 1.75. The second-order valence-corrected chi connectivity index (χ2v) is 9.08. The molecule has 0 unspecified atom stereocenters. The van der Waals surface area contributed by atoms with E-state index < -0.39 is 10.0 Å². The van der Waals surface area contributed by atoms with Crippen molar-refractivity contribution in [2.24, 2.45) is 5.41 Å². The van der Waals surface area contributed by atoms with E-state index >= 15 is 0 Å². The maximum Gasteiger partial charge on any atom is 0.244 e. The first-order valence-corrected chi connectivity index (χ1v) is 9.29. The molecule has 0 aromatic heterocycles. The number of hydrogen-bond donors (Lipinski definition) is 0. The fourth-order valence-corrected chi connectivity index (χ4v) is 5.30. The largest absolute Gasteiger partial charge is 0.244 e. The van der Waals surface area contributed by atoms with Crippen molar-refractivity contribution >= 4 is 37.6 Å². The minimum absolute atomic E-state index is 0.0404. The topological polar surface area (TPSA) is 37.4 Å². The van der Waals surface area contributed by atoms with E-state index in [-0.39, 0.29) is 5.41 Å². The van der Waals surface area contributed by atoms with E-state index in [4.69, 9.17) is 11.6 Å². The van der Waals surface area contributed by atoms with Gasteiger partial charge >= 0.3 is 0 Å². The fraction of sp³-hybridized carbons (Fsp3) is 0.571. The van der Waals surface area contributed by atoms with Crippen LogP contribution in [0.5, 0.6) is 0 Å². The van der Waals surface area contributed by atoms with E-state index in [0.29, 0.717) is 28.3 Å². The zero-order valence-corrected chi connectivity index (χ0v) is 15.1. The summed E-state index contributed by atoms with van der Waals surface area (Å²) in [5, 5.41) is 0. The summed E-state index contributed by atoms with van der Waals surface area (Å²) in [5.74, 6) is 0.308. The van der Waals surface area contributed by atoms with Gasteiger partial charge in [0.1, 0.15) is 0 Å². The Balaban J connectivity index is 2.47. The summed E-state index contributed by atoms with van der Waals surface area (Å²) in [7, 11) is -3.47. The molecule has 0 spiro atoms. The summed E-state index contributed by atoms with van der Waals surface area (Å²) < 4.78 is 27.8. The zero-order valence-electron chi connectivity index (χ0n) is 11.9. The minimum atomic E-state index is -3.47. The molecule has 112 valence electrons. The second kappa shape index (κ2) is 5.59. The Morgan fingerprint density at radius 3 is 2.55 bits per heavy atom. The number of aryl methyl sites for hydroxylation is 1. The molecule has 3 nitrogen and oxygen atoms in total.